The minimum atomic E-state index is -4.27. The van der Waals surface area contributed by atoms with Crippen molar-refractivity contribution in [2.75, 3.05) is 18.8 Å². The van der Waals surface area contributed by atoms with E-state index in [-0.39, 0.29) is 6.42 Å². The largest absolute Gasteiger partial charge is 0.389 e. The van der Waals surface area contributed by atoms with Crippen LogP contribution in [0.4, 0.5) is 13.2 Å². The maximum absolute atomic E-state index is 11.9. The van der Waals surface area contributed by atoms with Crippen molar-refractivity contribution < 1.29 is 21.6 Å². The molecule has 1 aliphatic rings. The first kappa shape index (κ1) is 14.8. The van der Waals surface area contributed by atoms with Crippen molar-refractivity contribution in [1.82, 2.24) is 4.31 Å². The first-order valence-electron chi connectivity index (χ1n) is 5.86. The average molecular weight is 273 g/mol. The zero-order valence-electron chi connectivity index (χ0n) is 9.67. The lowest BCUT2D eigenvalue weighted by atomic mass is 10.2. The van der Waals surface area contributed by atoms with E-state index in [4.69, 9.17) is 0 Å². The van der Waals surface area contributed by atoms with Gasteiger partial charge >= 0.3 is 6.18 Å². The number of sulfonamides is 1. The van der Waals surface area contributed by atoms with E-state index in [0.717, 1.165) is 25.7 Å². The summed E-state index contributed by atoms with van der Waals surface area (Å²) >= 11 is 0. The Kier molecular flexibility index (Phi) is 5.24. The van der Waals surface area contributed by atoms with E-state index in [1.165, 1.54) is 4.31 Å². The van der Waals surface area contributed by atoms with Crippen LogP contribution in [0.5, 0.6) is 0 Å². The second kappa shape index (κ2) is 6.04. The van der Waals surface area contributed by atoms with Crippen LogP contribution < -0.4 is 0 Å². The number of hydrogen-bond acceptors (Lipinski definition) is 2. The molecular weight excluding hydrogens is 255 g/mol. The first-order valence-corrected chi connectivity index (χ1v) is 7.47. The van der Waals surface area contributed by atoms with Crippen LogP contribution in [0, 0.1) is 0 Å². The smallest absolute Gasteiger partial charge is 0.212 e. The van der Waals surface area contributed by atoms with E-state index in [1.807, 2.05) is 0 Å². The van der Waals surface area contributed by atoms with Gasteiger partial charge in [0.1, 0.15) is 0 Å². The van der Waals surface area contributed by atoms with Gasteiger partial charge in [0.05, 0.1) is 5.75 Å². The van der Waals surface area contributed by atoms with Crippen molar-refractivity contribution in [2.45, 2.75) is 44.7 Å². The summed E-state index contributed by atoms with van der Waals surface area (Å²) < 4.78 is 60.7. The molecule has 0 atom stereocenters. The van der Waals surface area contributed by atoms with Gasteiger partial charge in [-0.1, -0.05) is 12.8 Å². The van der Waals surface area contributed by atoms with Gasteiger partial charge in [-0.15, -0.1) is 0 Å². The maximum atomic E-state index is 11.9. The molecule has 0 spiro atoms. The Labute approximate surface area is 100 Å². The molecule has 0 unspecified atom stereocenters. The predicted molar refractivity (Wildman–Crippen MR) is 59.1 cm³/mol. The van der Waals surface area contributed by atoms with Crippen LogP contribution in [-0.4, -0.2) is 37.7 Å². The lowest BCUT2D eigenvalue weighted by Gasteiger charge is -2.19. The molecule has 1 heterocycles. The van der Waals surface area contributed by atoms with Gasteiger partial charge in [-0.3, -0.25) is 0 Å². The molecule has 0 amide bonds. The summed E-state index contributed by atoms with van der Waals surface area (Å²) in [6.07, 6.45) is -2.04. The molecule has 0 saturated carbocycles. The van der Waals surface area contributed by atoms with Crippen molar-refractivity contribution in [2.24, 2.45) is 0 Å². The summed E-state index contributed by atoms with van der Waals surface area (Å²) in [6, 6.07) is 0. The quantitative estimate of drug-likeness (QED) is 0.789. The minimum absolute atomic E-state index is 0.345. The predicted octanol–water partition coefficient (Wildman–Crippen LogP) is 2.53. The molecule has 0 bridgehead atoms. The van der Waals surface area contributed by atoms with Crippen molar-refractivity contribution in [1.29, 1.82) is 0 Å². The van der Waals surface area contributed by atoms with Gasteiger partial charge in [0, 0.05) is 19.5 Å². The molecule has 7 heteroatoms. The lowest BCUT2D eigenvalue weighted by molar-refractivity contribution is -0.134. The van der Waals surface area contributed by atoms with Crippen molar-refractivity contribution in [3.8, 4) is 0 Å². The first-order chi connectivity index (χ1) is 7.81. The summed E-state index contributed by atoms with van der Waals surface area (Å²) in [7, 11) is -3.50. The third-order valence-electron chi connectivity index (χ3n) is 2.82. The topological polar surface area (TPSA) is 37.4 Å². The maximum Gasteiger partial charge on any atom is 0.389 e. The molecule has 0 aromatic carbocycles. The van der Waals surface area contributed by atoms with Gasteiger partial charge < -0.3 is 0 Å². The Morgan fingerprint density at radius 3 is 2.00 bits per heavy atom. The van der Waals surface area contributed by atoms with Crippen molar-refractivity contribution >= 4 is 10.0 Å². The van der Waals surface area contributed by atoms with Gasteiger partial charge in [0.25, 0.3) is 0 Å². The Hall–Kier alpha value is -0.300. The number of halogens is 3. The van der Waals surface area contributed by atoms with Crippen LogP contribution >= 0.6 is 0 Å². The summed E-state index contributed by atoms with van der Waals surface area (Å²) in [5.74, 6) is -0.396. The minimum Gasteiger partial charge on any atom is -0.212 e. The highest BCUT2D eigenvalue weighted by atomic mass is 32.2. The Morgan fingerprint density at radius 1 is 1.00 bits per heavy atom. The normalized spacial score (nSPS) is 20.2. The molecule has 1 aliphatic heterocycles. The Morgan fingerprint density at radius 2 is 1.53 bits per heavy atom. The number of alkyl halides is 3. The Balaban J connectivity index is 2.44. The van der Waals surface area contributed by atoms with Crippen LogP contribution in [0.1, 0.15) is 38.5 Å². The summed E-state index contributed by atoms with van der Waals surface area (Å²) in [4.78, 5) is 0. The fourth-order valence-electron chi connectivity index (χ4n) is 1.90. The number of nitrogens with zero attached hydrogens (tertiary/aromatic N) is 1. The van der Waals surface area contributed by atoms with Gasteiger partial charge in [0.2, 0.25) is 10.0 Å². The third kappa shape index (κ3) is 5.72. The molecule has 0 radical (unpaired) electrons. The molecule has 102 valence electrons. The van der Waals surface area contributed by atoms with Gasteiger partial charge in [0.15, 0.2) is 0 Å². The van der Waals surface area contributed by atoms with Crippen molar-refractivity contribution in [3.05, 3.63) is 0 Å². The fourth-order valence-corrected chi connectivity index (χ4v) is 3.49. The average Bonchev–Trinajstić information content (AvgIpc) is 2.43. The molecule has 1 rings (SSSR count). The summed E-state index contributed by atoms with van der Waals surface area (Å²) in [6.45, 7) is 0.905. The molecule has 0 N–H and O–H groups in total. The molecule has 0 aromatic heterocycles. The lowest BCUT2D eigenvalue weighted by Crippen LogP contribution is -2.34. The van der Waals surface area contributed by atoms with E-state index in [9.17, 15) is 21.6 Å². The fraction of sp³-hybridized carbons (Fsp3) is 1.00. The third-order valence-corrected chi connectivity index (χ3v) is 4.78. The van der Waals surface area contributed by atoms with E-state index < -0.39 is 28.4 Å². The van der Waals surface area contributed by atoms with Crippen LogP contribution in [0.25, 0.3) is 0 Å². The highest BCUT2D eigenvalue weighted by Crippen LogP contribution is 2.22. The molecular formula is C10H18F3NO2S. The van der Waals surface area contributed by atoms with Crippen LogP contribution in [-0.2, 0) is 10.0 Å². The molecule has 0 aromatic rings. The summed E-state index contributed by atoms with van der Waals surface area (Å²) in [5, 5.41) is 0. The van der Waals surface area contributed by atoms with E-state index >= 15 is 0 Å². The highest BCUT2D eigenvalue weighted by molar-refractivity contribution is 7.89. The Bertz CT molecular complexity index is 319. The molecule has 1 fully saturated rings. The molecule has 1 saturated heterocycles. The van der Waals surface area contributed by atoms with Crippen LogP contribution in [0.15, 0.2) is 0 Å². The standard InChI is InChI=1S/C10H18F3NO2S/c11-10(12,13)6-5-9-17(15,16)14-7-3-1-2-4-8-14/h1-9H2. The zero-order valence-corrected chi connectivity index (χ0v) is 10.5. The van der Waals surface area contributed by atoms with Crippen molar-refractivity contribution in [3.63, 3.8) is 0 Å². The molecule has 3 nitrogen and oxygen atoms in total. The van der Waals surface area contributed by atoms with E-state index in [1.54, 1.807) is 0 Å². The second-order valence-corrected chi connectivity index (χ2v) is 6.44. The highest BCUT2D eigenvalue weighted by Gasteiger charge is 2.29. The monoisotopic (exact) mass is 273 g/mol. The van der Waals surface area contributed by atoms with Gasteiger partial charge in [-0.25, -0.2) is 12.7 Å². The number of rotatable bonds is 4. The van der Waals surface area contributed by atoms with Gasteiger partial charge in [-0.2, -0.15) is 13.2 Å². The van der Waals surface area contributed by atoms with E-state index in [0.29, 0.717) is 13.1 Å². The summed E-state index contributed by atoms with van der Waals surface area (Å²) in [5.41, 5.74) is 0. The van der Waals surface area contributed by atoms with Crippen LogP contribution in [0.2, 0.25) is 0 Å². The zero-order chi connectivity index (χ0) is 12.9. The van der Waals surface area contributed by atoms with Crippen LogP contribution in [0.3, 0.4) is 0 Å². The SMILES string of the molecule is O=S(=O)(CCCC(F)(F)F)N1CCCCCC1. The van der Waals surface area contributed by atoms with E-state index in [2.05, 4.69) is 0 Å². The van der Waals surface area contributed by atoms with Gasteiger partial charge in [-0.05, 0) is 19.3 Å². The molecule has 0 aliphatic carbocycles. The number of hydrogen-bond donors (Lipinski definition) is 0. The second-order valence-electron chi connectivity index (χ2n) is 4.35. The molecule has 17 heavy (non-hydrogen) atoms.